The van der Waals surface area contributed by atoms with Crippen LogP contribution in [0.2, 0.25) is 0 Å². The molecule has 4 N–H and O–H groups in total. The Bertz CT molecular complexity index is 770. The molecule has 2 aromatic heterocycles. The van der Waals surface area contributed by atoms with Crippen LogP contribution in [0.25, 0.3) is 11.4 Å². The van der Waals surface area contributed by atoms with Gasteiger partial charge < -0.3 is 11.1 Å². The van der Waals surface area contributed by atoms with Crippen LogP contribution < -0.4 is 11.1 Å². The van der Waals surface area contributed by atoms with Crippen molar-refractivity contribution in [2.45, 2.75) is 0 Å². The van der Waals surface area contributed by atoms with Crippen LogP contribution in [0, 0.1) is 0 Å². The molecule has 1 amide bonds. The Morgan fingerprint density at radius 2 is 2.14 bits per heavy atom. The molecule has 0 atom stereocenters. The molecule has 8 heteroatoms. The quantitative estimate of drug-likeness (QED) is 0.660. The maximum Gasteiger partial charge on any atom is 0.276 e. The van der Waals surface area contributed by atoms with Crippen molar-refractivity contribution in [1.82, 2.24) is 25.6 Å². The molecule has 0 fully saturated rings. The maximum atomic E-state index is 12.1. The summed E-state index contributed by atoms with van der Waals surface area (Å²) in [5.74, 6) is 0.0711. The highest BCUT2D eigenvalue weighted by Crippen LogP contribution is 2.19. The molecule has 0 bridgehead atoms. The van der Waals surface area contributed by atoms with Crippen LogP contribution in [-0.2, 0) is 0 Å². The number of pyridine rings is 1. The highest BCUT2D eigenvalue weighted by molar-refractivity contribution is 6.06. The number of rotatable bonds is 3. The first-order chi connectivity index (χ1) is 10.2. The van der Waals surface area contributed by atoms with Gasteiger partial charge in [-0.2, -0.15) is 5.21 Å². The number of amides is 1. The summed E-state index contributed by atoms with van der Waals surface area (Å²) in [4.78, 5) is 16.1. The lowest BCUT2D eigenvalue weighted by Crippen LogP contribution is -2.15. The molecule has 0 aliphatic carbocycles. The molecule has 3 rings (SSSR count). The Labute approximate surface area is 119 Å². The predicted molar refractivity (Wildman–Crippen MR) is 76.2 cm³/mol. The Morgan fingerprint density at radius 3 is 2.90 bits per heavy atom. The minimum Gasteiger partial charge on any atom is -0.397 e. The Kier molecular flexibility index (Phi) is 3.26. The van der Waals surface area contributed by atoms with E-state index in [0.29, 0.717) is 17.2 Å². The second-order valence-corrected chi connectivity index (χ2v) is 4.21. The van der Waals surface area contributed by atoms with Gasteiger partial charge in [-0.05, 0) is 29.5 Å². The molecular formula is C13H11N7O. The predicted octanol–water partition coefficient (Wildman–Crippen LogP) is 1.10. The van der Waals surface area contributed by atoms with Gasteiger partial charge in [-0.15, -0.1) is 10.2 Å². The van der Waals surface area contributed by atoms with Crippen molar-refractivity contribution < 1.29 is 4.79 Å². The Morgan fingerprint density at radius 1 is 1.24 bits per heavy atom. The number of aromatic amines is 1. The first-order valence-electron chi connectivity index (χ1n) is 6.10. The molecule has 0 spiro atoms. The van der Waals surface area contributed by atoms with Gasteiger partial charge in [-0.3, -0.25) is 4.79 Å². The van der Waals surface area contributed by atoms with E-state index in [1.54, 1.807) is 30.3 Å². The molecule has 104 valence electrons. The van der Waals surface area contributed by atoms with Crippen molar-refractivity contribution in [2.75, 3.05) is 11.1 Å². The summed E-state index contributed by atoms with van der Waals surface area (Å²) in [6.45, 7) is 0. The SMILES string of the molecule is Nc1cccnc1C(=O)Nc1cccc(-c2nn[nH]n2)c1. The molecule has 0 unspecified atom stereocenters. The number of aromatic nitrogens is 5. The summed E-state index contributed by atoms with van der Waals surface area (Å²) in [6, 6.07) is 10.4. The van der Waals surface area contributed by atoms with Crippen LogP contribution >= 0.6 is 0 Å². The van der Waals surface area contributed by atoms with Gasteiger partial charge in [0.2, 0.25) is 5.82 Å². The summed E-state index contributed by atoms with van der Waals surface area (Å²) in [5, 5.41) is 16.4. The summed E-state index contributed by atoms with van der Waals surface area (Å²) >= 11 is 0. The average molecular weight is 281 g/mol. The molecule has 0 aliphatic heterocycles. The second-order valence-electron chi connectivity index (χ2n) is 4.21. The molecule has 0 radical (unpaired) electrons. The van der Waals surface area contributed by atoms with E-state index in [2.05, 4.69) is 30.9 Å². The summed E-state index contributed by atoms with van der Waals surface area (Å²) in [6.07, 6.45) is 1.51. The molecule has 21 heavy (non-hydrogen) atoms. The molecule has 2 heterocycles. The van der Waals surface area contributed by atoms with Crippen LogP contribution in [0.4, 0.5) is 11.4 Å². The van der Waals surface area contributed by atoms with Gasteiger partial charge in [-0.1, -0.05) is 12.1 Å². The summed E-state index contributed by atoms with van der Waals surface area (Å²) < 4.78 is 0. The fourth-order valence-electron chi connectivity index (χ4n) is 1.82. The largest absolute Gasteiger partial charge is 0.397 e. The first kappa shape index (κ1) is 12.7. The number of nitrogen functional groups attached to an aromatic ring is 1. The van der Waals surface area contributed by atoms with Crippen molar-refractivity contribution in [3.8, 4) is 11.4 Å². The molecule has 3 aromatic rings. The number of carbonyl (C=O) groups is 1. The zero-order valence-electron chi connectivity index (χ0n) is 10.8. The number of carbonyl (C=O) groups excluding carboxylic acids is 1. The van der Waals surface area contributed by atoms with E-state index in [1.807, 2.05) is 6.07 Å². The zero-order chi connectivity index (χ0) is 14.7. The van der Waals surface area contributed by atoms with Gasteiger partial charge in [0.15, 0.2) is 5.69 Å². The molecule has 0 aliphatic rings. The number of nitrogens with zero attached hydrogens (tertiary/aromatic N) is 4. The van der Waals surface area contributed by atoms with Crippen molar-refractivity contribution >= 4 is 17.3 Å². The van der Waals surface area contributed by atoms with Gasteiger partial charge in [0, 0.05) is 17.4 Å². The van der Waals surface area contributed by atoms with E-state index in [9.17, 15) is 4.79 Å². The average Bonchev–Trinajstić information content (AvgIpc) is 3.02. The first-order valence-corrected chi connectivity index (χ1v) is 6.10. The minimum absolute atomic E-state index is 0.183. The Hall–Kier alpha value is -3.29. The molecular weight excluding hydrogens is 270 g/mol. The van der Waals surface area contributed by atoms with Crippen LogP contribution in [0.15, 0.2) is 42.6 Å². The van der Waals surface area contributed by atoms with Crippen molar-refractivity contribution in [1.29, 1.82) is 0 Å². The number of anilines is 2. The van der Waals surface area contributed by atoms with Crippen LogP contribution in [0.1, 0.15) is 10.5 Å². The fourth-order valence-corrected chi connectivity index (χ4v) is 1.82. The zero-order valence-corrected chi connectivity index (χ0v) is 10.8. The van der Waals surface area contributed by atoms with Crippen LogP contribution in [-0.4, -0.2) is 31.5 Å². The summed E-state index contributed by atoms with van der Waals surface area (Å²) in [5.41, 5.74) is 7.55. The molecule has 1 aromatic carbocycles. The highest BCUT2D eigenvalue weighted by atomic mass is 16.1. The monoisotopic (exact) mass is 281 g/mol. The molecule has 0 saturated carbocycles. The third kappa shape index (κ3) is 2.68. The Balaban J connectivity index is 1.84. The highest BCUT2D eigenvalue weighted by Gasteiger charge is 2.11. The van der Waals surface area contributed by atoms with E-state index in [1.165, 1.54) is 6.20 Å². The third-order valence-electron chi connectivity index (χ3n) is 2.78. The fraction of sp³-hybridized carbons (Fsp3) is 0. The number of nitrogens with two attached hydrogens (primary N) is 1. The van der Waals surface area contributed by atoms with Gasteiger partial charge in [-0.25, -0.2) is 4.98 Å². The number of H-pyrrole nitrogens is 1. The van der Waals surface area contributed by atoms with Gasteiger partial charge >= 0.3 is 0 Å². The van der Waals surface area contributed by atoms with Crippen LogP contribution in [0.5, 0.6) is 0 Å². The third-order valence-corrected chi connectivity index (χ3v) is 2.78. The van der Waals surface area contributed by atoms with E-state index in [-0.39, 0.29) is 11.6 Å². The van der Waals surface area contributed by atoms with Crippen molar-refractivity contribution in [3.63, 3.8) is 0 Å². The van der Waals surface area contributed by atoms with E-state index < -0.39 is 0 Å². The normalized spacial score (nSPS) is 10.3. The molecule has 8 nitrogen and oxygen atoms in total. The number of tetrazole rings is 1. The number of benzene rings is 1. The smallest absolute Gasteiger partial charge is 0.276 e. The standard InChI is InChI=1S/C13H11N7O/c14-10-5-2-6-15-11(10)13(21)16-9-4-1-3-8(7-9)12-17-19-20-18-12/h1-7H,14H2,(H,16,21)(H,17,18,19,20). The lowest BCUT2D eigenvalue weighted by Gasteiger charge is -2.07. The van der Waals surface area contributed by atoms with Crippen molar-refractivity contribution in [2.24, 2.45) is 0 Å². The maximum absolute atomic E-state index is 12.1. The van der Waals surface area contributed by atoms with E-state index in [0.717, 1.165) is 5.56 Å². The van der Waals surface area contributed by atoms with Crippen LogP contribution in [0.3, 0.4) is 0 Å². The molecule has 0 saturated heterocycles. The van der Waals surface area contributed by atoms with Gasteiger partial charge in [0.25, 0.3) is 5.91 Å². The number of nitrogens with one attached hydrogen (secondary N) is 2. The van der Waals surface area contributed by atoms with E-state index in [4.69, 9.17) is 5.73 Å². The lowest BCUT2D eigenvalue weighted by atomic mass is 10.2. The van der Waals surface area contributed by atoms with Gasteiger partial charge in [0.05, 0.1) is 5.69 Å². The second kappa shape index (κ2) is 5.37. The van der Waals surface area contributed by atoms with Gasteiger partial charge in [0.1, 0.15) is 0 Å². The number of hydrogen-bond donors (Lipinski definition) is 3. The number of hydrogen-bond acceptors (Lipinski definition) is 6. The lowest BCUT2D eigenvalue weighted by molar-refractivity contribution is 0.102. The van der Waals surface area contributed by atoms with Crippen molar-refractivity contribution in [3.05, 3.63) is 48.3 Å². The topological polar surface area (TPSA) is 122 Å². The van der Waals surface area contributed by atoms with E-state index >= 15 is 0 Å². The minimum atomic E-state index is -0.377. The summed E-state index contributed by atoms with van der Waals surface area (Å²) in [7, 11) is 0.